The van der Waals surface area contributed by atoms with E-state index in [0.29, 0.717) is 11.8 Å². The Kier molecular flexibility index (Phi) is 1.67. The average molecular weight is 167 g/mol. The minimum absolute atomic E-state index is 0.266. The van der Waals surface area contributed by atoms with Crippen molar-refractivity contribution >= 4 is 5.91 Å². The van der Waals surface area contributed by atoms with E-state index in [-0.39, 0.29) is 11.5 Å². The fourth-order valence-corrected chi connectivity index (χ4v) is 2.14. The summed E-state index contributed by atoms with van der Waals surface area (Å²) in [5, 5.41) is 3.16. The number of amides is 1. The Morgan fingerprint density at radius 1 is 1.42 bits per heavy atom. The van der Waals surface area contributed by atoms with Crippen LogP contribution in [0.2, 0.25) is 0 Å². The van der Waals surface area contributed by atoms with Gasteiger partial charge in [0.1, 0.15) is 0 Å². The molecule has 1 aliphatic heterocycles. The van der Waals surface area contributed by atoms with Crippen LogP contribution in [0, 0.1) is 11.8 Å². The molecule has 0 aromatic carbocycles. The number of piperidine rings is 1. The van der Waals surface area contributed by atoms with E-state index in [1.807, 2.05) is 0 Å². The first-order chi connectivity index (χ1) is 5.63. The van der Waals surface area contributed by atoms with Crippen LogP contribution in [0.4, 0.5) is 0 Å². The van der Waals surface area contributed by atoms with Crippen LogP contribution in [0.5, 0.6) is 0 Å². The molecular weight excluding hydrogens is 150 g/mol. The number of rotatable bonds is 1. The summed E-state index contributed by atoms with van der Waals surface area (Å²) in [6, 6.07) is 0. The first kappa shape index (κ1) is 8.09. The van der Waals surface area contributed by atoms with Crippen molar-refractivity contribution in [1.82, 2.24) is 5.32 Å². The van der Waals surface area contributed by atoms with E-state index in [1.54, 1.807) is 0 Å². The standard InChI is InChI=1S/C10H17NO/c1-7(2)8-3-4-10(5-6-10)11-9(8)12/h7-8H,3-6H2,1-2H3,(H,11,12)/t8-/m0/s1. The van der Waals surface area contributed by atoms with Gasteiger partial charge >= 0.3 is 0 Å². The Bertz CT molecular complexity index is 206. The molecule has 1 N–H and O–H groups in total. The van der Waals surface area contributed by atoms with Crippen LogP contribution in [0.1, 0.15) is 39.5 Å². The molecular formula is C10H17NO. The van der Waals surface area contributed by atoms with Gasteiger partial charge in [-0.3, -0.25) is 4.79 Å². The second kappa shape index (κ2) is 2.48. The summed E-state index contributed by atoms with van der Waals surface area (Å²) in [7, 11) is 0. The van der Waals surface area contributed by atoms with Crippen LogP contribution < -0.4 is 5.32 Å². The highest BCUT2D eigenvalue weighted by atomic mass is 16.2. The third-order valence-corrected chi connectivity index (χ3v) is 3.32. The Hall–Kier alpha value is -0.530. The quantitative estimate of drug-likeness (QED) is 0.632. The molecule has 1 spiro atoms. The van der Waals surface area contributed by atoms with Crippen molar-refractivity contribution in [2.45, 2.75) is 45.1 Å². The zero-order chi connectivity index (χ0) is 8.77. The van der Waals surface area contributed by atoms with Gasteiger partial charge in [0.2, 0.25) is 5.91 Å². The number of carbonyl (C=O) groups excluding carboxylic acids is 1. The number of hydrogen-bond donors (Lipinski definition) is 1. The Balaban J connectivity index is 2.00. The van der Waals surface area contributed by atoms with E-state index < -0.39 is 0 Å². The summed E-state index contributed by atoms with van der Waals surface area (Å²) < 4.78 is 0. The summed E-state index contributed by atoms with van der Waals surface area (Å²) in [6.45, 7) is 4.27. The molecule has 1 heterocycles. The first-order valence-electron chi connectivity index (χ1n) is 4.95. The van der Waals surface area contributed by atoms with Gasteiger partial charge in [0.15, 0.2) is 0 Å². The summed E-state index contributed by atoms with van der Waals surface area (Å²) in [4.78, 5) is 11.6. The molecule has 68 valence electrons. The Morgan fingerprint density at radius 3 is 2.50 bits per heavy atom. The third kappa shape index (κ3) is 1.23. The van der Waals surface area contributed by atoms with E-state index in [9.17, 15) is 4.79 Å². The lowest BCUT2D eigenvalue weighted by molar-refractivity contribution is -0.129. The molecule has 0 unspecified atom stereocenters. The summed E-state index contributed by atoms with van der Waals surface area (Å²) >= 11 is 0. The molecule has 0 bridgehead atoms. The highest BCUT2D eigenvalue weighted by Gasteiger charge is 2.48. The molecule has 1 saturated heterocycles. The topological polar surface area (TPSA) is 29.1 Å². The molecule has 2 nitrogen and oxygen atoms in total. The minimum atomic E-state index is 0.266. The van der Waals surface area contributed by atoms with Gasteiger partial charge in [0, 0.05) is 11.5 Å². The molecule has 0 aromatic heterocycles. The van der Waals surface area contributed by atoms with Crippen LogP contribution in [-0.4, -0.2) is 11.4 Å². The average Bonchev–Trinajstić information content (AvgIpc) is 2.68. The largest absolute Gasteiger partial charge is 0.350 e. The number of carbonyl (C=O) groups is 1. The Labute approximate surface area is 73.7 Å². The van der Waals surface area contributed by atoms with Gasteiger partial charge in [-0.05, 0) is 31.6 Å². The zero-order valence-electron chi connectivity index (χ0n) is 7.89. The molecule has 2 heteroatoms. The normalized spacial score (nSPS) is 32.2. The van der Waals surface area contributed by atoms with Crippen molar-refractivity contribution in [3.05, 3.63) is 0 Å². The first-order valence-corrected chi connectivity index (χ1v) is 4.95. The second-order valence-electron chi connectivity index (χ2n) is 4.66. The van der Waals surface area contributed by atoms with Crippen molar-refractivity contribution in [2.24, 2.45) is 11.8 Å². The van der Waals surface area contributed by atoms with Crippen molar-refractivity contribution in [3.63, 3.8) is 0 Å². The van der Waals surface area contributed by atoms with E-state index in [0.717, 1.165) is 6.42 Å². The SMILES string of the molecule is CC(C)[C@@H]1CCC2(CC2)NC1=O. The summed E-state index contributed by atoms with van der Waals surface area (Å²) in [5.41, 5.74) is 0.266. The van der Waals surface area contributed by atoms with Crippen molar-refractivity contribution in [2.75, 3.05) is 0 Å². The maximum Gasteiger partial charge on any atom is 0.223 e. The second-order valence-corrected chi connectivity index (χ2v) is 4.66. The maximum atomic E-state index is 11.6. The Morgan fingerprint density at radius 2 is 2.08 bits per heavy atom. The van der Waals surface area contributed by atoms with Gasteiger partial charge < -0.3 is 5.32 Å². The highest BCUT2D eigenvalue weighted by molar-refractivity contribution is 5.81. The van der Waals surface area contributed by atoms with Gasteiger partial charge in [0.25, 0.3) is 0 Å². The summed E-state index contributed by atoms with van der Waals surface area (Å²) in [5.74, 6) is 1.08. The highest BCUT2D eigenvalue weighted by Crippen LogP contribution is 2.44. The number of nitrogens with one attached hydrogen (secondary N) is 1. The molecule has 2 rings (SSSR count). The molecule has 0 radical (unpaired) electrons. The lowest BCUT2D eigenvalue weighted by atomic mass is 9.84. The van der Waals surface area contributed by atoms with Crippen molar-refractivity contribution in [3.8, 4) is 0 Å². The van der Waals surface area contributed by atoms with Crippen LogP contribution in [0.3, 0.4) is 0 Å². The smallest absolute Gasteiger partial charge is 0.223 e. The van der Waals surface area contributed by atoms with Crippen molar-refractivity contribution in [1.29, 1.82) is 0 Å². The molecule has 0 aromatic rings. The van der Waals surface area contributed by atoms with Gasteiger partial charge in [-0.2, -0.15) is 0 Å². The number of hydrogen-bond acceptors (Lipinski definition) is 1. The van der Waals surface area contributed by atoms with Crippen LogP contribution in [-0.2, 0) is 4.79 Å². The van der Waals surface area contributed by atoms with Crippen LogP contribution in [0.15, 0.2) is 0 Å². The van der Waals surface area contributed by atoms with E-state index >= 15 is 0 Å². The molecule has 1 aliphatic carbocycles. The molecule has 2 aliphatic rings. The fraction of sp³-hybridized carbons (Fsp3) is 0.900. The van der Waals surface area contributed by atoms with Gasteiger partial charge in [-0.15, -0.1) is 0 Å². The monoisotopic (exact) mass is 167 g/mol. The maximum absolute atomic E-state index is 11.6. The van der Waals surface area contributed by atoms with Gasteiger partial charge in [-0.25, -0.2) is 0 Å². The lowest BCUT2D eigenvalue weighted by Gasteiger charge is -2.31. The molecule has 2 fully saturated rings. The minimum Gasteiger partial charge on any atom is -0.350 e. The zero-order valence-corrected chi connectivity index (χ0v) is 7.89. The predicted molar refractivity (Wildman–Crippen MR) is 47.7 cm³/mol. The van der Waals surface area contributed by atoms with Crippen LogP contribution >= 0.6 is 0 Å². The third-order valence-electron chi connectivity index (χ3n) is 3.32. The predicted octanol–water partition coefficient (Wildman–Crippen LogP) is 1.70. The van der Waals surface area contributed by atoms with E-state index in [1.165, 1.54) is 19.3 Å². The molecule has 1 saturated carbocycles. The van der Waals surface area contributed by atoms with E-state index in [4.69, 9.17) is 0 Å². The van der Waals surface area contributed by atoms with E-state index in [2.05, 4.69) is 19.2 Å². The van der Waals surface area contributed by atoms with Crippen LogP contribution in [0.25, 0.3) is 0 Å². The molecule has 12 heavy (non-hydrogen) atoms. The fourth-order valence-electron chi connectivity index (χ4n) is 2.14. The molecule has 1 amide bonds. The van der Waals surface area contributed by atoms with Gasteiger partial charge in [0.05, 0.1) is 0 Å². The van der Waals surface area contributed by atoms with Crippen molar-refractivity contribution < 1.29 is 4.79 Å². The van der Waals surface area contributed by atoms with Gasteiger partial charge in [-0.1, -0.05) is 13.8 Å². The lowest BCUT2D eigenvalue weighted by Crippen LogP contribution is -2.47. The molecule has 1 atom stereocenters. The summed E-state index contributed by atoms with van der Waals surface area (Å²) in [6.07, 6.45) is 4.73.